The minimum absolute atomic E-state index is 0.291. The Kier molecular flexibility index (Phi) is 8.21. The van der Waals surface area contributed by atoms with Crippen molar-refractivity contribution < 1.29 is 27.8 Å². The van der Waals surface area contributed by atoms with Crippen LogP contribution in [-0.4, -0.2) is 78.2 Å². The van der Waals surface area contributed by atoms with Crippen LogP contribution in [0.2, 0.25) is 0 Å². The number of anilines is 3. The van der Waals surface area contributed by atoms with Gasteiger partial charge in [-0.15, -0.1) is 5.10 Å². The Morgan fingerprint density at radius 3 is 2.45 bits per heavy atom. The molecule has 1 fully saturated rings. The molecular formula is C31H38N6O6S. The monoisotopic (exact) mass is 622 g/mol. The Morgan fingerprint density at radius 2 is 1.80 bits per heavy atom. The summed E-state index contributed by atoms with van der Waals surface area (Å²) in [6.07, 6.45) is 3.16. The molecule has 0 unspecified atom stereocenters. The Bertz CT molecular complexity index is 1790. The summed E-state index contributed by atoms with van der Waals surface area (Å²) in [7, 11) is -0.424. The van der Waals surface area contributed by atoms with E-state index in [0.29, 0.717) is 65.8 Å². The lowest BCUT2D eigenvalue weighted by Gasteiger charge is -2.39. The van der Waals surface area contributed by atoms with Crippen LogP contribution in [0, 0.1) is 0 Å². The third-order valence-electron chi connectivity index (χ3n) is 7.64. The van der Waals surface area contributed by atoms with Gasteiger partial charge < -0.3 is 24.8 Å². The van der Waals surface area contributed by atoms with Gasteiger partial charge >= 0.3 is 6.09 Å². The fraction of sp³-hybridized carbons (Fsp3) is 0.387. The van der Waals surface area contributed by atoms with Gasteiger partial charge in [0.2, 0.25) is 16.0 Å². The second kappa shape index (κ2) is 11.6. The van der Waals surface area contributed by atoms with Gasteiger partial charge in [-0.1, -0.05) is 24.3 Å². The van der Waals surface area contributed by atoms with Crippen LogP contribution in [0.4, 0.5) is 22.1 Å². The van der Waals surface area contributed by atoms with Crippen molar-refractivity contribution in [1.29, 1.82) is 0 Å². The largest absolute Gasteiger partial charge is 0.495 e. The summed E-state index contributed by atoms with van der Waals surface area (Å²) >= 11 is 0. The minimum Gasteiger partial charge on any atom is -0.495 e. The first-order chi connectivity index (χ1) is 20.7. The molecule has 12 nitrogen and oxygen atoms in total. The predicted octanol–water partition coefficient (Wildman–Crippen LogP) is 4.76. The number of hydrogen-bond acceptors (Lipinski definition) is 9. The number of amides is 1. The lowest BCUT2D eigenvalue weighted by molar-refractivity contribution is -0.0357. The maximum Gasteiger partial charge on any atom is 0.410 e. The molecule has 44 heavy (non-hydrogen) atoms. The van der Waals surface area contributed by atoms with Crippen LogP contribution < -0.4 is 14.4 Å². The number of para-hydroxylation sites is 1. The molecule has 0 saturated carbocycles. The van der Waals surface area contributed by atoms with Crippen LogP contribution in [-0.2, 0) is 20.4 Å². The van der Waals surface area contributed by atoms with Crippen LogP contribution in [0.3, 0.4) is 0 Å². The number of rotatable bonds is 7. The standard InChI is InChI=1S/C31H38N6O6S/c1-30(2,3)43-29(38)36-17-15-31(39,16-18-36)21-11-13-24(27(19-21)42-5)33-28-32-20-22-12-14-26(37(22)34-28)23-9-7-8-10-25(23)35(4)44(6,40)41/h7-14,19-20,39H,15-18H2,1-6H3,(H,33,34). The number of piperidine rings is 1. The SMILES string of the molecule is COc1cc(C2(O)CCN(C(=O)OC(C)(C)C)CC2)ccc1Nc1ncc2ccc(-c3ccccc3N(C)S(C)(=O)=O)n2n1. The number of nitrogens with one attached hydrogen (secondary N) is 1. The average Bonchev–Trinajstić information content (AvgIpc) is 3.39. The molecule has 1 aliphatic rings. The van der Waals surface area contributed by atoms with E-state index in [4.69, 9.17) is 14.6 Å². The maximum atomic E-state index is 12.5. The number of ether oxygens (including phenoxy) is 2. The van der Waals surface area contributed by atoms with Crippen molar-refractivity contribution in [1.82, 2.24) is 19.5 Å². The van der Waals surface area contributed by atoms with Gasteiger partial charge in [0.05, 0.1) is 47.7 Å². The van der Waals surface area contributed by atoms with E-state index in [2.05, 4.69) is 10.3 Å². The molecule has 234 valence electrons. The van der Waals surface area contributed by atoms with Crippen LogP contribution in [0.25, 0.3) is 16.8 Å². The minimum atomic E-state index is -3.48. The fourth-order valence-electron chi connectivity index (χ4n) is 5.19. The number of hydrogen-bond donors (Lipinski definition) is 2. The van der Waals surface area contributed by atoms with E-state index in [0.717, 1.165) is 11.8 Å². The molecule has 0 radical (unpaired) electrons. The van der Waals surface area contributed by atoms with E-state index in [1.807, 2.05) is 51.1 Å². The second-order valence-electron chi connectivity index (χ2n) is 11.9. The third kappa shape index (κ3) is 6.43. The summed E-state index contributed by atoms with van der Waals surface area (Å²) in [5.74, 6) is 0.779. The molecule has 0 atom stereocenters. The Hall–Kier alpha value is -4.36. The molecular weight excluding hydrogens is 584 g/mol. The maximum absolute atomic E-state index is 12.5. The smallest absolute Gasteiger partial charge is 0.410 e. The van der Waals surface area contributed by atoms with E-state index >= 15 is 0 Å². The van der Waals surface area contributed by atoms with E-state index in [-0.39, 0.29) is 6.09 Å². The number of sulfonamides is 1. The molecule has 4 aromatic rings. The molecule has 0 bridgehead atoms. The van der Waals surface area contributed by atoms with Crippen LogP contribution in [0.1, 0.15) is 39.2 Å². The number of aromatic nitrogens is 3. The predicted molar refractivity (Wildman–Crippen MR) is 169 cm³/mol. The Morgan fingerprint density at radius 1 is 1.09 bits per heavy atom. The van der Waals surface area contributed by atoms with Gasteiger partial charge in [-0.05, 0) is 69.5 Å². The summed E-state index contributed by atoms with van der Waals surface area (Å²) in [5, 5.41) is 19.4. The van der Waals surface area contributed by atoms with Crippen LogP contribution in [0.5, 0.6) is 5.75 Å². The van der Waals surface area contributed by atoms with E-state index in [1.54, 1.807) is 47.0 Å². The van der Waals surface area contributed by atoms with Crippen LogP contribution in [0.15, 0.2) is 60.8 Å². The number of nitrogens with zero attached hydrogens (tertiary/aromatic N) is 5. The second-order valence-corrected chi connectivity index (χ2v) is 13.9. The van der Waals surface area contributed by atoms with Gasteiger partial charge in [0, 0.05) is 25.7 Å². The highest BCUT2D eigenvalue weighted by Gasteiger charge is 2.37. The molecule has 2 aromatic heterocycles. The first-order valence-corrected chi connectivity index (χ1v) is 16.1. The molecule has 2 aromatic carbocycles. The quantitative estimate of drug-likeness (QED) is 0.299. The van der Waals surface area contributed by atoms with E-state index in [1.165, 1.54) is 11.4 Å². The van der Waals surface area contributed by atoms with Gasteiger partial charge in [-0.25, -0.2) is 22.7 Å². The number of likely N-dealkylation sites (tertiary alicyclic amines) is 1. The summed E-state index contributed by atoms with van der Waals surface area (Å²) in [6, 6.07) is 16.4. The highest BCUT2D eigenvalue weighted by atomic mass is 32.2. The highest BCUT2D eigenvalue weighted by molar-refractivity contribution is 7.92. The summed E-state index contributed by atoms with van der Waals surface area (Å²) < 4.78 is 38.7. The van der Waals surface area contributed by atoms with Crippen molar-refractivity contribution in [2.75, 3.05) is 43.1 Å². The zero-order chi connectivity index (χ0) is 31.9. The summed E-state index contributed by atoms with van der Waals surface area (Å²) in [6.45, 7) is 6.21. The third-order valence-corrected chi connectivity index (χ3v) is 8.83. The molecule has 1 saturated heterocycles. The molecule has 1 aliphatic heterocycles. The van der Waals surface area contributed by atoms with Crippen molar-refractivity contribution in [3.05, 3.63) is 66.4 Å². The average molecular weight is 623 g/mol. The van der Waals surface area contributed by atoms with Crippen molar-refractivity contribution in [2.45, 2.75) is 44.8 Å². The molecule has 2 N–H and O–H groups in total. The number of carbonyl (C=O) groups is 1. The number of aliphatic hydroxyl groups is 1. The van der Waals surface area contributed by atoms with Crippen molar-refractivity contribution in [2.24, 2.45) is 0 Å². The number of carbonyl (C=O) groups excluding carboxylic acids is 1. The lowest BCUT2D eigenvalue weighted by Crippen LogP contribution is -2.46. The summed E-state index contributed by atoms with van der Waals surface area (Å²) in [5.41, 5.74) is 2.19. The normalized spacial score (nSPS) is 15.2. The van der Waals surface area contributed by atoms with Gasteiger partial charge in [-0.2, -0.15) is 0 Å². The van der Waals surface area contributed by atoms with Crippen molar-refractivity contribution in [3.8, 4) is 17.0 Å². The lowest BCUT2D eigenvalue weighted by atomic mass is 9.84. The van der Waals surface area contributed by atoms with Gasteiger partial charge in [0.15, 0.2) is 0 Å². The van der Waals surface area contributed by atoms with Gasteiger partial charge in [0.25, 0.3) is 0 Å². The van der Waals surface area contributed by atoms with Crippen molar-refractivity contribution >= 4 is 39.0 Å². The molecule has 0 aliphatic carbocycles. The van der Waals surface area contributed by atoms with Gasteiger partial charge in [-0.3, -0.25) is 4.31 Å². The number of benzene rings is 2. The number of fused-ring (bicyclic) bond motifs is 1. The molecule has 3 heterocycles. The topological polar surface area (TPSA) is 139 Å². The molecule has 5 rings (SSSR count). The first-order valence-electron chi connectivity index (χ1n) is 14.2. The Labute approximate surface area is 257 Å². The molecule has 1 amide bonds. The molecule has 0 spiro atoms. The zero-order valence-corrected chi connectivity index (χ0v) is 26.6. The van der Waals surface area contributed by atoms with E-state index < -0.39 is 21.2 Å². The summed E-state index contributed by atoms with van der Waals surface area (Å²) in [4.78, 5) is 18.6. The molecule has 13 heteroatoms. The van der Waals surface area contributed by atoms with Crippen LogP contribution >= 0.6 is 0 Å². The fourth-order valence-corrected chi connectivity index (χ4v) is 5.70. The first kappa shape index (κ1) is 31.1. The Balaban J connectivity index is 1.38. The number of methoxy groups -OCH3 is 1. The van der Waals surface area contributed by atoms with Crippen molar-refractivity contribution in [3.63, 3.8) is 0 Å². The highest BCUT2D eigenvalue weighted by Crippen LogP contribution is 2.38. The van der Waals surface area contributed by atoms with Gasteiger partial charge in [0.1, 0.15) is 11.4 Å². The van der Waals surface area contributed by atoms with E-state index in [9.17, 15) is 18.3 Å². The zero-order valence-electron chi connectivity index (χ0n) is 25.7.